The first-order valence-electron chi connectivity index (χ1n) is 4.65. The fourth-order valence-electron chi connectivity index (χ4n) is 0.855. The lowest BCUT2D eigenvalue weighted by Gasteiger charge is -1.95. The maximum absolute atomic E-state index is 10.7. The molecule has 0 heterocycles. The van der Waals surface area contributed by atoms with E-state index >= 15 is 0 Å². The number of allylic oxidation sites excluding steroid dienone is 1. The predicted octanol–water partition coefficient (Wildman–Crippen LogP) is 1.26. The highest BCUT2D eigenvalue weighted by molar-refractivity contribution is 5.77. The third-order valence-electron chi connectivity index (χ3n) is 1.59. The van der Waals surface area contributed by atoms with Crippen molar-refractivity contribution in [1.82, 2.24) is 0 Å². The van der Waals surface area contributed by atoms with E-state index in [1.54, 1.807) is 6.92 Å². The summed E-state index contributed by atoms with van der Waals surface area (Å²) in [7, 11) is 1.40. The van der Waals surface area contributed by atoms with Crippen LogP contribution in [0.4, 0.5) is 0 Å². The fourth-order valence-corrected chi connectivity index (χ4v) is 0.855. The smallest absolute Gasteiger partial charge is 0.305 e. The Kier molecular flexibility index (Phi) is 7.50. The quantitative estimate of drug-likeness (QED) is 0.230. The number of hydrogen-bond acceptors (Lipinski definition) is 3. The largest absolute Gasteiger partial charge is 0.469 e. The molecule has 80 valence electrons. The number of rotatable bonds is 6. The summed E-state index contributed by atoms with van der Waals surface area (Å²) in [5.41, 5.74) is 5.35. The summed E-state index contributed by atoms with van der Waals surface area (Å²) in [6.07, 6.45) is 6.09. The summed E-state index contributed by atoms with van der Waals surface area (Å²) >= 11 is 0. The minimum atomic E-state index is -0.158. The molecule has 0 aliphatic carbocycles. The number of nitrogens with zero attached hydrogens (tertiary/aromatic N) is 1. The van der Waals surface area contributed by atoms with E-state index in [9.17, 15) is 4.79 Å². The SMILES string of the molecule is COC(=O)CCC/C=C\CN=C(C)N. The molecule has 0 unspecified atom stereocenters. The molecule has 14 heavy (non-hydrogen) atoms. The Bertz CT molecular complexity index is 218. The van der Waals surface area contributed by atoms with Crippen molar-refractivity contribution in [2.24, 2.45) is 10.7 Å². The third kappa shape index (κ3) is 8.77. The lowest BCUT2D eigenvalue weighted by Crippen LogP contribution is -2.05. The number of methoxy groups -OCH3 is 1. The molecule has 0 atom stereocenters. The second kappa shape index (κ2) is 8.29. The molecule has 4 nitrogen and oxygen atoms in total. The number of aliphatic imine (C=N–C) groups is 1. The Morgan fingerprint density at radius 1 is 1.50 bits per heavy atom. The van der Waals surface area contributed by atoms with Gasteiger partial charge in [0.05, 0.1) is 19.5 Å². The molecule has 0 rings (SSSR count). The van der Waals surface area contributed by atoms with E-state index in [-0.39, 0.29) is 5.97 Å². The number of amidine groups is 1. The maximum Gasteiger partial charge on any atom is 0.305 e. The molecule has 0 aliphatic rings. The van der Waals surface area contributed by atoms with E-state index in [0.717, 1.165) is 12.8 Å². The van der Waals surface area contributed by atoms with Gasteiger partial charge in [-0.3, -0.25) is 9.79 Å². The van der Waals surface area contributed by atoms with Gasteiger partial charge in [-0.15, -0.1) is 0 Å². The minimum absolute atomic E-state index is 0.158. The van der Waals surface area contributed by atoms with Crippen molar-refractivity contribution in [2.45, 2.75) is 26.2 Å². The number of nitrogens with two attached hydrogens (primary N) is 1. The zero-order chi connectivity index (χ0) is 10.8. The van der Waals surface area contributed by atoms with Crippen LogP contribution in [0.2, 0.25) is 0 Å². The van der Waals surface area contributed by atoms with Crippen LogP contribution in [-0.4, -0.2) is 25.5 Å². The Balaban J connectivity index is 3.36. The molecule has 0 saturated heterocycles. The molecule has 0 radical (unpaired) electrons. The molecular formula is C10H18N2O2. The van der Waals surface area contributed by atoms with Gasteiger partial charge in [0.25, 0.3) is 0 Å². The van der Waals surface area contributed by atoms with Crippen molar-refractivity contribution in [3.63, 3.8) is 0 Å². The monoisotopic (exact) mass is 198 g/mol. The molecule has 0 aromatic heterocycles. The topological polar surface area (TPSA) is 64.7 Å². The van der Waals surface area contributed by atoms with E-state index in [1.165, 1.54) is 7.11 Å². The summed E-state index contributed by atoms with van der Waals surface area (Å²) in [6.45, 7) is 2.37. The van der Waals surface area contributed by atoms with Crippen LogP contribution in [0.25, 0.3) is 0 Å². The molecule has 0 aliphatic heterocycles. The zero-order valence-electron chi connectivity index (χ0n) is 8.82. The van der Waals surface area contributed by atoms with Crippen molar-refractivity contribution >= 4 is 11.8 Å². The third-order valence-corrected chi connectivity index (χ3v) is 1.59. The summed E-state index contributed by atoms with van der Waals surface area (Å²) < 4.78 is 4.51. The van der Waals surface area contributed by atoms with Crippen molar-refractivity contribution in [2.75, 3.05) is 13.7 Å². The van der Waals surface area contributed by atoms with E-state index in [1.807, 2.05) is 12.2 Å². The second-order valence-corrected chi connectivity index (χ2v) is 2.92. The number of ether oxygens (including phenoxy) is 1. The predicted molar refractivity (Wildman–Crippen MR) is 57.2 cm³/mol. The van der Waals surface area contributed by atoms with Gasteiger partial charge in [0.1, 0.15) is 0 Å². The number of esters is 1. The van der Waals surface area contributed by atoms with Gasteiger partial charge >= 0.3 is 5.97 Å². The van der Waals surface area contributed by atoms with Crippen LogP contribution < -0.4 is 5.73 Å². The van der Waals surface area contributed by atoms with Gasteiger partial charge in [-0.25, -0.2) is 0 Å². The van der Waals surface area contributed by atoms with Gasteiger partial charge in [0, 0.05) is 6.42 Å². The average Bonchev–Trinajstić information content (AvgIpc) is 2.15. The van der Waals surface area contributed by atoms with Gasteiger partial charge < -0.3 is 10.5 Å². The molecule has 0 fully saturated rings. The first kappa shape index (κ1) is 12.7. The highest BCUT2D eigenvalue weighted by Crippen LogP contribution is 1.97. The number of carbonyl (C=O) groups is 1. The number of hydrogen-bond donors (Lipinski definition) is 1. The lowest BCUT2D eigenvalue weighted by atomic mass is 10.2. The van der Waals surface area contributed by atoms with Gasteiger partial charge in [0.2, 0.25) is 0 Å². The van der Waals surface area contributed by atoms with Gasteiger partial charge in [0.15, 0.2) is 0 Å². The van der Waals surface area contributed by atoms with Crippen molar-refractivity contribution < 1.29 is 9.53 Å². The van der Waals surface area contributed by atoms with E-state index < -0.39 is 0 Å². The van der Waals surface area contributed by atoms with Crippen LogP contribution in [-0.2, 0) is 9.53 Å². The lowest BCUT2D eigenvalue weighted by molar-refractivity contribution is -0.140. The van der Waals surface area contributed by atoms with Crippen molar-refractivity contribution in [1.29, 1.82) is 0 Å². The highest BCUT2D eigenvalue weighted by Gasteiger charge is 1.96. The van der Waals surface area contributed by atoms with Crippen LogP contribution in [0.3, 0.4) is 0 Å². The van der Waals surface area contributed by atoms with E-state index in [4.69, 9.17) is 5.73 Å². The van der Waals surface area contributed by atoms with E-state index in [2.05, 4.69) is 9.73 Å². The Morgan fingerprint density at radius 2 is 2.21 bits per heavy atom. The summed E-state index contributed by atoms with van der Waals surface area (Å²) in [5.74, 6) is 0.429. The van der Waals surface area contributed by atoms with Gasteiger partial charge in [-0.05, 0) is 19.8 Å². The molecule has 0 saturated carbocycles. The Morgan fingerprint density at radius 3 is 2.79 bits per heavy atom. The molecule has 2 N–H and O–H groups in total. The molecular weight excluding hydrogens is 180 g/mol. The molecule has 0 aromatic rings. The first-order chi connectivity index (χ1) is 6.66. The molecule has 0 amide bonds. The first-order valence-corrected chi connectivity index (χ1v) is 4.65. The minimum Gasteiger partial charge on any atom is -0.469 e. The molecule has 0 bridgehead atoms. The Labute approximate surface area is 84.8 Å². The molecule has 4 heteroatoms. The summed E-state index contributed by atoms with van der Waals surface area (Å²) in [6, 6.07) is 0. The van der Waals surface area contributed by atoms with Crippen molar-refractivity contribution in [3.8, 4) is 0 Å². The fraction of sp³-hybridized carbons (Fsp3) is 0.600. The normalized spacial score (nSPS) is 12.0. The number of carbonyl (C=O) groups excluding carboxylic acids is 1. The van der Waals surface area contributed by atoms with Gasteiger partial charge in [-0.1, -0.05) is 12.2 Å². The van der Waals surface area contributed by atoms with Crippen LogP contribution in [0.5, 0.6) is 0 Å². The second-order valence-electron chi connectivity index (χ2n) is 2.92. The van der Waals surface area contributed by atoms with Crippen LogP contribution in [0, 0.1) is 0 Å². The molecule has 0 spiro atoms. The Hall–Kier alpha value is -1.32. The van der Waals surface area contributed by atoms with E-state index in [0.29, 0.717) is 18.8 Å². The number of unbranched alkanes of at least 4 members (excludes halogenated alkanes) is 1. The summed E-state index contributed by atoms with van der Waals surface area (Å²) in [5, 5.41) is 0. The maximum atomic E-state index is 10.7. The zero-order valence-corrected chi connectivity index (χ0v) is 8.82. The molecule has 0 aromatic carbocycles. The summed E-state index contributed by atoms with van der Waals surface area (Å²) in [4.78, 5) is 14.7. The highest BCUT2D eigenvalue weighted by atomic mass is 16.5. The van der Waals surface area contributed by atoms with Crippen LogP contribution in [0.1, 0.15) is 26.2 Å². The van der Waals surface area contributed by atoms with Crippen molar-refractivity contribution in [3.05, 3.63) is 12.2 Å². The average molecular weight is 198 g/mol. The van der Waals surface area contributed by atoms with Crippen LogP contribution >= 0.6 is 0 Å². The standard InChI is InChI=1S/C10H18N2O2/c1-9(11)12-8-6-4-3-5-7-10(13)14-2/h4,6H,3,5,7-8H2,1-2H3,(H2,11,12)/b6-4-. The van der Waals surface area contributed by atoms with Gasteiger partial charge in [-0.2, -0.15) is 0 Å². The van der Waals surface area contributed by atoms with Crippen LogP contribution in [0.15, 0.2) is 17.1 Å².